The molecule has 1 N–H and O–H groups in total. The zero-order valence-corrected chi connectivity index (χ0v) is 10.2. The summed E-state index contributed by atoms with van der Waals surface area (Å²) >= 11 is 5.87. The van der Waals surface area contributed by atoms with Gasteiger partial charge in [0.2, 0.25) is 5.28 Å². The van der Waals surface area contributed by atoms with Gasteiger partial charge in [-0.1, -0.05) is 0 Å². The summed E-state index contributed by atoms with van der Waals surface area (Å²) in [7, 11) is 0. The number of nitrogens with one attached hydrogen (secondary N) is 1. The third-order valence-corrected chi connectivity index (χ3v) is 2.74. The lowest BCUT2D eigenvalue weighted by Gasteiger charge is -2.05. The molecule has 0 spiro atoms. The molecule has 1 amide bonds. The van der Waals surface area contributed by atoms with Gasteiger partial charge in [0.05, 0.1) is 11.8 Å². The van der Waals surface area contributed by atoms with E-state index in [1.165, 1.54) is 23.1 Å². The molecule has 0 radical (unpaired) electrons. The minimum Gasteiger partial charge on any atom is -0.317 e. The summed E-state index contributed by atoms with van der Waals surface area (Å²) in [5, 5.41) is 10.5. The van der Waals surface area contributed by atoms with Crippen LogP contribution < -0.4 is 5.32 Å². The summed E-state index contributed by atoms with van der Waals surface area (Å²) in [5.41, 5.74) is 1.29. The Morgan fingerprint density at radius 1 is 1.37 bits per heavy atom. The number of carbonyl (C=O) groups excluding carboxylic acids is 1. The molecule has 0 fully saturated rings. The molecule has 0 aromatic carbocycles. The van der Waals surface area contributed by atoms with Gasteiger partial charge >= 0.3 is 0 Å². The van der Waals surface area contributed by atoms with E-state index in [4.69, 9.17) is 11.6 Å². The van der Waals surface area contributed by atoms with Crippen LogP contribution in [0.25, 0.3) is 5.65 Å². The standard InChI is InChI=1S/C11H7ClN6O/c12-11-14-5-8(9-17-15-6-18(9)11)16-10(19)7-2-1-3-13-4-7/h1-6H,(H,16,19). The summed E-state index contributed by atoms with van der Waals surface area (Å²) in [6.45, 7) is 0. The van der Waals surface area contributed by atoms with Gasteiger partial charge in [0.1, 0.15) is 12.0 Å². The fraction of sp³-hybridized carbons (Fsp3) is 0. The SMILES string of the molecule is O=C(Nc1cnc(Cl)n2cnnc12)c1cccnc1. The van der Waals surface area contributed by atoms with Gasteiger partial charge < -0.3 is 5.32 Å². The van der Waals surface area contributed by atoms with Crippen LogP contribution in [0.1, 0.15) is 10.4 Å². The molecular weight excluding hydrogens is 268 g/mol. The first-order valence-corrected chi connectivity index (χ1v) is 5.69. The molecule has 0 saturated heterocycles. The predicted octanol–water partition coefficient (Wildman–Crippen LogP) is 1.42. The van der Waals surface area contributed by atoms with Crippen molar-refractivity contribution in [1.29, 1.82) is 0 Å². The average Bonchev–Trinajstić information content (AvgIpc) is 2.93. The fourth-order valence-corrected chi connectivity index (χ4v) is 1.74. The number of halogens is 1. The van der Waals surface area contributed by atoms with Crippen molar-refractivity contribution in [1.82, 2.24) is 24.6 Å². The molecule has 0 bridgehead atoms. The smallest absolute Gasteiger partial charge is 0.257 e. The quantitative estimate of drug-likeness (QED) is 0.715. The van der Waals surface area contributed by atoms with Crippen LogP contribution in [0, 0.1) is 0 Å². The van der Waals surface area contributed by atoms with E-state index in [9.17, 15) is 4.79 Å². The van der Waals surface area contributed by atoms with Crippen molar-refractivity contribution in [2.24, 2.45) is 0 Å². The van der Waals surface area contributed by atoms with E-state index in [-0.39, 0.29) is 11.2 Å². The Balaban J connectivity index is 1.96. The molecule has 7 nitrogen and oxygen atoms in total. The molecule has 19 heavy (non-hydrogen) atoms. The van der Waals surface area contributed by atoms with Crippen LogP contribution in [0.4, 0.5) is 5.69 Å². The van der Waals surface area contributed by atoms with E-state index in [1.54, 1.807) is 18.3 Å². The molecule has 3 aromatic heterocycles. The van der Waals surface area contributed by atoms with Crippen LogP contribution in [0.5, 0.6) is 0 Å². The van der Waals surface area contributed by atoms with Crippen LogP contribution in [-0.2, 0) is 0 Å². The van der Waals surface area contributed by atoms with Gasteiger partial charge in [-0.05, 0) is 23.7 Å². The maximum Gasteiger partial charge on any atom is 0.257 e. The van der Waals surface area contributed by atoms with Crippen molar-refractivity contribution in [3.05, 3.63) is 47.9 Å². The summed E-state index contributed by atoms with van der Waals surface area (Å²) in [5.74, 6) is -0.304. The molecule has 0 atom stereocenters. The highest BCUT2D eigenvalue weighted by molar-refractivity contribution is 6.28. The molecule has 94 valence electrons. The number of carbonyl (C=O) groups is 1. The van der Waals surface area contributed by atoms with Crippen molar-refractivity contribution in [2.75, 3.05) is 5.32 Å². The highest BCUT2D eigenvalue weighted by Gasteiger charge is 2.12. The van der Waals surface area contributed by atoms with Crippen LogP contribution in [0.3, 0.4) is 0 Å². The maximum absolute atomic E-state index is 12.0. The van der Waals surface area contributed by atoms with E-state index in [0.717, 1.165) is 0 Å². The number of nitrogens with zero attached hydrogens (tertiary/aromatic N) is 5. The lowest BCUT2D eigenvalue weighted by molar-refractivity contribution is 0.102. The number of fused-ring (bicyclic) bond motifs is 1. The molecular formula is C11H7ClN6O. The highest BCUT2D eigenvalue weighted by atomic mass is 35.5. The van der Waals surface area contributed by atoms with Crippen molar-refractivity contribution >= 4 is 28.8 Å². The largest absolute Gasteiger partial charge is 0.317 e. The Bertz CT molecular complexity index is 741. The summed E-state index contributed by atoms with van der Waals surface area (Å²) in [6.07, 6.45) is 5.92. The van der Waals surface area contributed by atoms with Gasteiger partial charge in [0.25, 0.3) is 5.91 Å². The van der Waals surface area contributed by atoms with Crippen LogP contribution in [0.2, 0.25) is 5.28 Å². The van der Waals surface area contributed by atoms with Gasteiger partial charge in [0, 0.05) is 12.4 Å². The molecule has 3 aromatic rings. The summed E-state index contributed by atoms with van der Waals surface area (Å²) < 4.78 is 1.47. The highest BCUT2D eigenvalue weighted by Crippen LogP contribution is 2.17. The molecule has 0 aliphatic carbocycles. The lowest BCUT2D eigenvalue weighted by Crippen LogP contribution is -2.13. The number of rotatable bonds is 2. The number of hydrogen-bond acceptors (Lipinski definition) is 5. The number of amides is 1. The Morgan fingerprint density at radius 2 is 2.26 bits per heavy atom. The van der Waals surface area contributed by atoms with E-state index in [1.807, 2.05) is 0 Å². The van der Waals surface area contributed by atoms with Crippen LogP contribution in [-0.4, -0.2) is 30.5 Å². The zero-order chi connectivity index (χ0) is 13.2. The minimum absolute atomic E-state index is 0.222. The van der Waals surface area contributed by atoms with Crippen molar-refractivity contribution in [2.45, 2.75) is 0 Å². The van der Waals surface area contributed by atoms with Crippen molar-refractivity contribution in [3.8, 4) is 0 Å². The number of anilines is 1. The lowest BCUT2D eigenvalue weighted by atomic mass is 10.2. The van der Waals surface area contributed by atoms with E-state index >= 15 is 0 Å². The topological polar surface area (TPSA) is 85.1 Å². The third-order valence-electron chi connectivity index (χ3n) is 2.46. The second kappa shape index (κ2) is 4.62. The minimum atomic E-state index is -0.304. The molecule has 3 heterocycles. The molecule has 0 unspecified atom stereocenters. The molecule has 3 rings (SSSR count). The third kappa shape index (κ3) is 2.11. The van der Waals surface area contributed by atoms with Crippen molar-refractivity contribution in [3.63, 3.8) is 0 Å². The first-order valence-electron chi connectivity index (χ1n) is 5.31. The predicted molar refractivity (Wildman–Crippen MR) is 68.0 cm³/mol. The number of pyridine rings is 1. The average molecular weight is 275 g/mol. The van der Waals surface area contributed by atoms with E-state index in [0.29, 0.717) is 16.9 Å². The summed E-state index contributed by atoms with van der Waals surface area (Å²) in [6, 6.07) is 3.34. The molecule has 8 heteroatoms. The van der Waals surface area contributed by atoms with Crippen molar-refractivity contribution < 1.29 is 4.79 Å². The van der Waals surface area contributed by atoms with Gasteiger partial charge in [-0.2, -0.15) is 0 Å². The van der Waals surface area contributed by atoms with Gasteiger partial charge in [-0.25, -0.2) is 4.98 Å². The fourth-order valence-electron chi connectivity index (χ4n) is 1.57. The second-order valence-corrected chi connectivity index (χ2v) is 4.00. The summed E-state index contributed by atoms with van der Waals surface area (Å²) in [4.78, 5) is 19.8. The Hall–Kier alpha value is -2.54. The Labute approximate surface area is 112 Å². The van der Waals surface area contributed by atoms with Crippen LogP contribution in [0.15, 0.2) is 37.1 Å². The van der Waals surface area contributed by atoms with E-state index in [2.05, 4.69) is 25.5 Å². The first kappa shape index (κ1) is 11.5. The second-order valence-electron chi connectivity index (χ2n) is 3.66. The molecule has 0 aliphatic heterocycles. The number of aromatic nitrogens is 5. The normalized spacial score (nSPS) is 10.6. The zero-order valence-electron chi connectivity index (χ0n) is 9.49. The van der Waals surface area contributed by atoms with Gasteiger partial charge in [-0.15, -0.1) is 10.2 Å². The molecule has 0 saturated carbocycles. The van der Waals surface area contributed by atoms with Crippen LogP contribution >= 0.6 is 11.6 Å². The monoisotopic (exact) mass is 274 g/mol. The Morgan fingerprint density at radius 3 is 3.05 bits per heavy atom. The van der Waals surface area contributed by atoms with Gasteiger partial charge in [0.15, 0.2) is 5.65 Å². The van der Waals surface area contributed by atoms with Gasteiger partial charge in [-0.3, -0.25) is 14.2 Å². The number of hydrogen-bond donors (Lipinski definition) is 1. The maximum atomic E-state index is 12.0. The first-order chi connectivity index (χ1) is 9.25. The van der Waals surface area contributed by atoms with E-state index < -0.39 is 0 Å². The molecule has 0 aliphatic rings. The Kier molecular flexibility index (Phi) is 2.81.